The number of amides is 1. The summed E-state index contributed by atoms with van der Waals surface area (Å²) in [6.45, 7) is 0. The Morgan fingerprint density at radius 2 is 2.00 bits per heavy atom. The Bertz CT molecular complexity index is 537. The molecule has 2 atom stereocenters. The summed E-state index contributed by atoms with van der Waals surface area (Å²) < 4.78 is 0. The standard InChI is InChI=1S/C15H15BrN2O/c16-12-7-13-4-5-14(8-12)18(13)15(19)11-3-1-2-10(6-11)9-17/h1-3,6,12-14H,4-5,7-8H2. The lowest BCUT2D eigenvalue weighted by Gasteiger charge is -2.37. The van der Waals surface area contributed by atoms with E-state index in [2.05, 4.69) is 22.0 Å². The lowest BCUT2D eigenvalue weighted by atomic mass is 10.0. The third kappa shape index (κ3) is 2.28. The van der Waals surface area contributed by atoms with Crippen LogP contribution in [0.1, 0.15) is 41.6 Å². The fraction of sp³-hybridized carbons (Fsp3) is 0.467. The summed E-state index contributed by atoms with van der Waals surface area (Å²) in [6, 6.07) is 9.84. The molecule has 1 aromatic rings. The fourth-order valence-corrected chi connectivity index (χ4v) is 4.18. The van der Waals surface area contributed by atoms with E-state index in [0.29, 0.717) is 28.0 Å². The lowest BCUT2D eigenvalue weighted by molar-refractivity contribution is 0.0603. The zero-order chi connectivity index (χ0) is 13.4. The average Bonchev–Trinajstić information content (AvgIpc) is 2.70. The van der Waals surface area contributed by atoms with Crippen molar-refractivity contribution in [1.82, 2.24) is 4.90 Å². The zero-order valence-corrected chi connectivity index (χ0v) is 12.1. The van der Waals surface area contributed by atoms with Crippen molar-refractivity contribution in [2.45, 2.75) is 42.6 Å². The molecule has 2 bridgehead atoms. The third-order valence-corrected chi connectivity index (χ3v) is 4.90. The molecule has 1 amide bonds. The van der Waals surface area contributed by atoms with Crippen molar-refractivity contribution in [1.29, 1.82) is 5.26 Å². The van der Waals surface area contributed by atoms with E-state index in [-0.39, 0.29) is 5.91 Å². The van der Waals surface area contributed by atoms with E-state index >= 15 is 0 Å². The molecule has 0 aliphatic carbocycles. The monoisotopic (exact) mass is 318 g/mol. The second-order valence-corrected chi connectivity index (χ2v) is 6.65. The number of hydrogen-bond donors (Lipinski definition) is 0. The van der Waals surface area contributed by atoms with Crippen molar-refractivity contribution in [3.63, 3.8) is 0 Å². The molecule has 2 fully saturated rings. The number of rotatable bonds is 1. The first-order valence-corrected chi connectivity index (χ1v) is 7.57. The summed E-state index contributed by atoms with van der Waals surface area (Å²) in [7, 11) is 0. The first kappa shape index (κ1) is 12.7. The average molecular weight is 319 g/mol. The van der Waals surface area contributed by atoms with Crippen molar-refractivity contribution in [3.05, 3.63) is 35.4 Å². The van der Waals surface area contributed by atoms with Gasteiger partial charge in [0.25, 0.3) is 5.91 Å². The van der Waals surface area contributed by atoms with E-state index in [1.807, 2.05) is 11.0 Å². The van der Waals surface area contributed by atoms with Crippen LogP contribution in [0.25, 0.3) is 0 Å². The van der Waals surface area contributed by atoms with Gasteiger partial charge in [0, 0.05) is 22.5 Å². The van der Waals surface area contributed by atoms with Crippen LogP contribution in [0.4, 0.5) is 0 Å². The molecule has 3 nitrogen and oxygen atoms in total. The second kappa shape index (κ2) is 4.97. The molecule has 3 rings (SSSR count). The Labute approximate surface area is 121 Å². The molecule has 2 aliphatic heterocycles. The Morgan fingerprint density at radius 1 is 1.32 bits per heavy atom. The number of carbonyl (C=O) groups is 1. The van der Waals surface area contributed by atoms with Crippen molar-refractivity contribution in [3.8, 4) is 6.07 Å². The van der Waals surface area contributed by atoms with Crippen LogP contribution in [0.3, 0.4) is 0 Å². The van der Waals surface area contributed by atoms with Crippen molar-refractivity contribution >= 4 is 21.8 Å². The summed E-state index contributed by atoms with van der Waals surface area (Å²) in [5.74, 6) is 0.0870. The smallest absolute Gasteiger partial charge is 0.254 e. The summed E-state index contributed by atoms with van der Waals surface area (Å²) >= 11 is 3.68. The minimum Gasteiger partial charge on any atom is -0.333 e. The van der Waals surface area contributed by atoms with Gasteiger partial charge in [-0.3, -0.25) is 4.79 Å². The quantitative estimate of drug-likeness (QED) is 0.747. The van der Waals surface area contributed by atoms with Gasteiger partial charge < -0.3 is 4.90 Å². The molecule has 0 radical (unpaired) electrons. The molecule has 19 heavy (non-hydrogen) atoms. The summed E-state index contributed by atoms with van der Waals surface area (Å²) in [5.41, 5.74) is 1.19. The van der Waals surface area contributed by atoms with Gasteiger partial charge in [0.1, 0.15) is 0 Å². The molecule has 2 aliphatic rings. The van der Waals surface area contributed by atoms with Gasteiger partial charge in [-0.25, -0.2) is 0 Å². The van der Waals surface area contributed by atoms with Crippen LogP contribution in [0.2, 0.25) is 0 Å². The first-order valence-electron chi connectivity index (χ1n) is 6.66. The van der Waals surface area contributed by atoms with Gasteiger partial charge in [-0.15, -0.1) is 0 Å². The highest BCUT2D eigenvalue weighted by Crippen LogP contribution is 2.39. The predicted octanol–water partition coefficient (Wildman–Crippen LogP) is 3.09. The predicted molar refractivity (Wildman–Crippen MR) is 76.1 cm³/mol. The molecule has 0 saturated carbocycles. The van der Waals surface area contributed by atoms with Gasteiger partial charge in [-0.05, 0) is 43.9 Å². The van der Waals surface area contributed by atoms with Crippen molar-refractivity contribution in [2.75, 3.05) is 0 Å². The van der Waals surface area contributed by atoms with E-state index in [1.165, 1.54) is 0 Å². The summed E-state index contributed by atoms with van der Waals surface area (Å²) in [5, 5.41) is 8.92. The maximum atomic E-state index is 12.6. The van der Waals surface area contributed by atoms with Crippen LogP contribution in [0.5, 0.6) is 0 Å². The number of carbonyl (C=O) groups excluding carboxylic acids is 1. The van der Waals surface area contributed by atoms with Gasteiger partial charge in [0.2, 0.25) is 0 Å². The molecular weight excluding hydrogens is 304 g/mol. The number of alkyl halides is 1. The Hall–Kier alpha value is -1.34. The molecule has 0 spiro atoms. The first-order chi connectivity index (χ1) is 9.19. The highest BCUT2D eigenvalue weighted by molar-refractivity contribution is 9.09. The lowest BCUT2D eigenvalue weighted by Crippen LogP contribution is -2.46. The van der Waals surface area contributed by atoms with Gasteiger partial charge >= 0.3 is 0 Å². The van der Waals surface area contributed by atoms with Gasteiger partial charge in [0.15, 0.2) is 0 Å². The van der Waals surface area contributed by atoms with Crippen molar-refractivity contribution in [2.24, 2.45) is 0 Å². The number of benzene rings is 1. The van der Waals surface area contributed by atoms with Crippen LogP contribution in [0, 0.1) is 11.3 Å². The van der Waals surface area contributed by atoms with Gasteiger partial charge in [-0.2, -0.15) is 5.26 Å². The maximum absolute atomic E-state index is 12.6. The SMILES string of the molecule is N#Cc1cccc(C(=O)N2C3CCC2CC(Br)C3)c1. The summed E-state index contributed by atoms with van der Waals surface area (Å²) in [6.07, 6.45) is 4.30. The molecule has 98 valence electrons. The highest BCUT2D eigenvalue weighted by Gasteiger charge is 2.42. The highest BCUT2D eigenvalue weighted by atomic mass is 79.9. The van der Waals surface area contributed by atoms with Crippen LogP contribution in [-0.4, -0.2) is 27.7 Å². The van der Waals surface area contributed by atoms with E-state index < -0.39 is 0 Å². The number of nitrogens with zero attached hydrogens (tertiary/aromatic N) is 2. The number of nitriles is 1. The molecule has 1 aromatic carbocycles. The van der Waals surface area contributed by atoms with E-state index in [9.17, 15) is 4.79 Å². The molecule has 0 N–H and O–H groups in total. The minimum atomic E-state index is 0.0870. The number of hydrogen-bond acceptors (Lipinski definition) is 2. The zero-order valence-electron chi connectivity index (χ0n) is 10.6. The minimum absolute atomic E-state index is 0.0870. The Morgan fingerprint density at radius 3 is 2.63 bits per heavy atom. The molecule has 2 heterocycles. The van der Waals surface area contributed by atoms with Crippen LogP contribution < -0.4 is 0 Å². The fourth-order valence-electron chi connectivity index (χ4n) is 3.31. The normalized spacial score (nSPS) is 29.1. The molecule has 0 aromatic heterocycles. The number of halogens is 1. The largest absolute Gasteiger partial charge is 0.333 e. The summed E-state index contributed by atoms with van der Waals surface area (Å²) in [4.78, 5) is 15.2. The van der Waals surface area contributed by atoms with E-state index in [0.717, 1.165) is 25.7 Å². The number of fused-ring (bicyclic) bond motifs is 2. The topological polar surface area (TPSA) is 44.1 Å². The second-order valence-electron chi connectivity index (χ2n) is 5.36. The van der Waals surface area contributed by atoms with Crippen molar-refractivity contribution < 1.29 is 4.79 Å². The van der Waals surface area contributed by atoms with Gasteiger partial charge in [-0.1, -0.05) is 22.0 Å². The van der Waals surface area contributed by atoms with Gasteiger partial charge in [0.05, 0.1) is 11.6 Å². The van der Waals surface area contributed by atoms with Crippen LogP contribution in [-0.2, 0) is 0 Å². The number of piperidine rings is 1. The molecule has 4 heteroatoms. The molecular formula is C15H15BrN2O. The van der Waals surface area contributed by atoms with E-state index in [1.54, 1.807) is 18.2 Å². The third-order valence-electron chi connectivity index (χ3n) is 4.15. The molecule has 2 saturated heterocycles. The molecule has 2 unspecified atom stereocenters. The maximum Gasteiger partial charge on any atom is 0.254 e. The van der Waals surface area contributed by atoms with Crippen LogP contribution >= 0.6 is 15.9 Å². The Kier molecular flexibility index (Phi) is 3.32. The Balaban J connectivity index is 1.87. The van der Waals surface area contributed by atoms with Crippen LogP contribution in [0.15, 0.2) is 24.3 Å². The van der Waals surface area contributed by atoms with E-state index in [4.69, 9.17) is 5.26 Å².